The molecule has 2 aromatic rings. The molecule has 2 aromatic carbocycles. The van der Waals surface area contributed by atoms with Crippen LogP contribution in [0.3, 0.4) is 0 Å². The zero-order chi connectivity index (χ0) is 18.1. The molecular weight excluding hydrogens is 318 g/mol. The van der Waals surface area contributed by atoms with Crippen molar-refractivity contribution >= 4 is 23.5 Å². The highest BCUT2D eigenvalue weighted by atomic mass is 16.3. The zero-order valence-electron chi connectivity index (χ0n) is 14.0. The molecule has 3 rings (SSSR count). The lowest BCUT2D eigenvalue weighted by molar-refractivity contribution is -0.118. The van der Waals surface area contributed by atoms with Crippen molar-refractivity contribution in [2.75, 3.05) is 5.32 Å². The first-order valence-corrected chi connectivity index (χ1v) is 8.07. The summed E-state index contributed by atoms with van der Waals surface area (Å²) in [6.45, 7) is 3.62. The zero-order valence-corrected chi connectivity index (χ0v) is 14.0. The second-order valence-electron chi connectivity index (χ2n) is 6.39. The van der Waals surface area contributed by atoms with Gasteiger partial charge in [0.15, 0.2) is 5.78 Å². The summed E-state index contributed by atoms with van der Waals surface area (Å²) in [5.74, 6) is -0.515. The number of carbonyl (C=O) groups excluding carboxylic acids is 2. The molecular formula is C20H19NO4. The quantitative estimate of drug-likeness (QED) is 0.748. The molecule has 5 nitrogen and oxygen atoms in total. The Bertz CT molecular complexity index is 897. The van der Waals surface area contributed by atoms with Gasteiger partial charge in [-0.15, -0.1) is 0 Å². The first kappa shape index (κ1) is 16.8. The normalized spacial score (nSPS) is 14.8. The molecule has 0 aromatic heterocycles. The van der Waals surface area contributed by atoms with Crippen LogP contribution in [0, 0.1) is 5.92 Å². The standard InChI is InChI=1S/C20H19NO4/c1-11(2)20(25)21-17-5-3-4-15-16(17)9-13(19(15)24)8-12-6-7-14(22)10-18(12)23/h3-8,10-11,22-23H,9H2,1-2H3,(H,21,25)/b13-8+. The molecule has 0 unspecified atom stereocenters. The second kappa shape index (κ2) is 6.43. The average molecular weight is 337 g/mol. The van der Waals surface area contributed by atoms with Crippen molar-refractivity contribution in [1.29, 1.82) is 0 Å². The number of hydrogen-bond acceptors (Lipinski definition) is 4. The Labute approximate surface area is 145 Å². The third-order valence-corrected chi connectivity index (χ3v) is 4.21. The molecule has 3 N–H and O–H groups in total. The minimum absolute atomic E-state index is 0.0423. The van der Waals surface area contributed by atoms with E-state index in [0.29, 0.717) is 28.8 Å². The number of aromatic hydroxyl groups is 2. The Morgan fingerprint density at radius 3 is 2.64 bits per heavy atom. The van der Waals surface area contributed by atoms with Gasteiger partial charge in [0.1, 0.15) is 11.5 Å². The molecule has 0 bridgehead atoms. The van der Waals surface area contributed by atoms with E-state index in [-0.39, 0.29) is 29.1 Å². The number of carbonyl (C=O) groups is 2. The number of benzene rings is 2. The maximum absolute atomic E-state index is 12.6. The number of allylic oxidation sites excluding steroid dienone is 1. The van der Waals surface area contributed by atoms with E-state index in [1.807, 2.05) is 13.8 Å². The van der Waals surface area contributed by atoms with Gasteiger partial charge in [-0.3, -0.25) is 9.59 Å². The highest BCUT2D eigenvalue weighted by Crippen LogP contribution is 2.34. The summed E-state index contributed by atoms with van der Waals surface area (Å²) in [4.78, 5) is 24.6. The number of nitrogens with one attached hydrogen (secondary N) is 1. The van der Waals surface area contributed by atoms with Crippen molar-refractivity contribution in [3.63, 3.8) is 0 Å². The number of Topliss-reactive ketones (excluding diaryl/α,β-unsaturated/α-hetero) is 1. The summed E-state index contributed by atoms with van der Waals surface area (Å²) in [5.41, 5.74) is 2.98. The van der Waals surface area contributed by atoms with Crippen LogP contribution >= 0.6 is 0 Å². The molecule has 0 fully saturated rings. The SMILES string of the molecule is CC(C)C(=O)Nc1cccc2c1C/C(=C\c1ccc(O)cc1O)C2=O. The van der Waals surface area contributed by atoms with Gasteiger partial charge in [-0.2, -0.15) is 0 Å². The molecule has 0 saturated carbocycles. The number of rotatable bonds is 3. The van der Waals surface area contributed by atoms with E-state index in [1.54, 1.807) is 30.3 Å². The van der Waals surface area contributed by atoms with Crippen LogP contribution in [0.4, 0.5) is 5.69 Å². The van der Waals surface area contributed by atoms with Crippen LogP contribution in [0.15, 0.2) is 42.0 Å². The Balaban J connectivity index is 1.95. The fraction of sp³-hybridized carbons (Fsp3) is 0.200. The number of amides is 1. The smallest absolute Gasteiger partial charge is 0.226 e. The molecule has 0 atom stereocenters. The molecule has 1 aliphatic carbocycles. The Kier molecular flexibility index (Phi) is 4.31. The van der Waals surface area contributed by atoms with Crippen LogP contribution in [-0.4, -0.2) is 21.9 Å². The first-order chi connectivity index (χ1) is 11.9. The molecule has 0 radical (unpaired) electrons. The van der Waals surface area contributed by atoms with Gasteiger partial charge in [0.2, 0.25) is 5.91 Å². The number of phenols is 2. The van der Waals surface area contributed by atoms with E-state index in [9.17, 15) is 19.8 Å². The highest BCUT2D eigenvalue weighted by molar-refractivity contribution is 6.17. The van der Waals surface area contributed by atoms with Crippen LogP contribution in [0.25, 0.3) is 6.08 Å². The summed E-state index contributed by atoms with van der Waals surface area (Å²) in [6.07, 6.45) is 1.99. The van der Waals surface area contributed by atoms with Gasteiger partial charge < -0.3 is 15.5 Å². The van der Waals surface area contributed by atoms with Gasteiger partial charge in [-0.05, 0) is 29.8 Å². The van der Waals surface area contributed by atoms with Crippen molar-refractivity contribution in [2.24, 2.45) is 5.92 Å². The molecule has 128 valence electrons. The van der Waals surface area contributed by atoms with Gasteiger partial charge in [-0.25, -0.2) is 0 Å². The lowest BCUT2D eigenvalue weighted by atomic mass is 10.1. The molecule has 0 heterocycles. The fourth-order valence-corrected chi connectivity index (χ4v) is 2.79. The maximum Gasteiger partial charge on any atom is 0.226 e. The van der Waals surface area contributed by atoms with Crippen molar-refractivity contribution < 1.29 is 19.8 Å². The predicted octanol–water partition coefficient (Wildman–Crippen LogP) is 3.51. The van der Waals surface area contributed by atoms with Gasteiger partial charge in [0, 0.05) is 40.8 Å². The minimum Gasteiger partial charge on any atom is -0.508 e. The van der Waals surface area contributed by atoms with Crippen LogP contribution in [0.5, 0.6) is 11.5 Å². The summed E-state index contributed by atoms with van der Waals surface area (Å²) in [5, 5.41) is 22.2. The third kappa shape index (κ3) is 3.26. The summed E-state index contributed by atoms with van der Waals surface area (Å²) in [7, 11) is 0. The van der Waals surface area contributed by atoms with E-state index in [4.69, 9.17) is 0 Å². The Morgan fingerprint density at radius 2 is 1.96 bits per heavy atom. The molecule has 1 amide bonds. The van der Waals surface area contributed by atoms with Crippen molar-refractivity contribution in [1.82, 2.24) is 0 Å². The molecule has 0 saturated heterocycles. The molecule has 0 aliphatic heterocycles. The summed E-state index contributed by atoms with van der Waals surface area (Å²) < 4.78 is 0. The maximum atomic E-state index is 12.6. The molecule has 25 heavy (non-hydrogen) atoms. The fourth-order valence-electron chi connectivity index (χ4n) is 2.79. The largest absolute Gasteiger partial charge is 0.508 e. The third-order valence-electron chi connectivity index (χ3n) is 4.21. The van der Waals surface area contributed by atoms with Crippen LogP contribution in [0.1, 0.15) is 35.3 Å². The van der Waals surface area contributed by atoms with Gasteiger partial charge in [-0.1, -0.05) is 26.0 Å². The lowest BCUT2D eigenvalue weighted by Crippen LogP contribution is -2.18. The van der Waals surface area contributed by atoms with Crippen LogP contribution < -0.4 is 5.32 Å². The number of ketones is 1. The van der Waals surface area contributed by atoms with Crippen molar-refractivity contribution in [3.05, 3.63) is 58.7 Å². The topological polar surface area (TPSA) is 86.6 Å². The lowest BCUT2D eigenvalue weighted by Gasteiger charge is -2.11. The second-order valence-corrected chi connectivity index (χ2v) is 6.39. The van der Waals surface area contributed by atoms with E-state index in [1.165, 1.54) is 12.1 Å². The summed E-state index contributed by atoms with van der Waals surface area (Å²) >= 11 is 0. The molecule has 5 heteroatoms. The number of phenolic OH excluding ortho intramolecular Hbond substituents is 2. The molecule has 1 aliphatic rings. The van der Waals surface area contributed by atoms with E-state index >= 15 is 0 Å². The summed E-state index contributed by atoms with van der Waals surface area (Å²) in [6, 6.07) is 9.50. The minimum atomic E-state index is -0.156. The number of anilines is 1. The molecule has 0 spiro atoms. The van der Waals surface area contributed by atoms with Crippen LogP contribution in [-0.2, 0) is 11.2 Å². The first-order valence-electron chi connectivity index (χ1n) is 8.07. The Hall–Kier alpha value is -3.08. The van der Waals surface area contributed by atoms with Crippen molar-refractivity contribution in [3.8, 4) is 11.5 Å². The van der Waals surface area contributed by atoms with Gasteiger partial charge in [0.05, 0.1) is 0 Å². The monoisotopic (exact) mass is 337 g/mol. The Morgan fingerprint density at radius 1 is 1.20 bits per heavy atom. The number of hydrogen-bond donors (Lipinski definition) is 3. The van der Waals surface area contributed by atoms with E-state index < -0.39 is 0 Å². The average Bonchev–Trinajstić information content (AvgIpc) is 2.87. The van der Waals surface area contributed by atoms with E-state index in [2.05, 4.69) is 5.32 Å². The van der Waals surface area contributed by atoms with Gasteiger partial charge >= 0.3 is 0 Å². The van der Waals surface area contributed by atoms with Crippen molar-refractivity contribution in [2.45, 2.75) is 20.3 Å². The highest BCUT2D eigenvalue weighted by Gasteiger charge is 2.27. The number of fused-ring (bicyclic) bond motifs is 1. The van der Waals surface area contributed by atoms with Gasteiger partial charge in [0.25, 0.3) is 0 Å². The predicted molar refractivity (Wildman–Crippen MR) is 95.7 cm³/mol. The van der Waals surface area contributed by atoms with Crippen LogP contribution in [0.2, 0.25) is 0 Å². The van der Waals surface area contributed by atoms with E-state index in [0.717, 1.165) is 5.56 Å².